The number of amides is 3. The molecule has 1 fully saturated rings. The van der Waals surface area contributed by atoms with E-state index in [2.05, 4.69) is 5.32 Å². The molecule has 0 unspecified atom stereocenters. The molecular weight excluding hydrogens is 592 g/mol. The quantitative estimate of drug-likeness (QED) is 0.383. The number of fused-ring (bicyclic) bond motifs is 2. The van der Waals surface area contributed by atoms with Crippen molar-refractivity contribution in [1.29, 1.82) is 0 Å². The van der Waals surface area contributed by atoms with Crippen LogP contribution in [-0.2, 0) is 21.9 Å². The van der Waals surface area contributed by atoms with Gasteiger partial charge < -0.3 is 19.9 Å². The minimum absolute atomic E-state index is 0.0289. The van der Waals surface area contributed by atoms with Crippen molar-refractivity contribution in [2.24, 2.45) is 0 Å². The molecule has 220 valence electrons. The molecule has 0 aliphatic carbocycles. The summed E-state index contributed by atoms with van der Waals surface area (Å²) in [6.07, 6.45) is -9.15. The zero-order valence-corrected chi connectivity index (χ0v) is 22.1. The van der Waals surface area contributed by atoms with Gasteiger partial charge in [0.1, 0.15) is 11.8 Å². The Labute approximate surface area is 239 Å². The van der Waals surface area contributed by atoms with Crippen molar-refractivity contribution in [3.8, 4) is 16.9 Å². The summed E-state index contributed by atoms with van der Waals surface area (Å²) in [6.45, 7) is -0.763. The van der Waals surface area contributed by atoms with E-state index in [1.165, 1.54) is 40.1 Å². The third-order valence-corrected chi connectivity index (χ3v) is 7.23. The number of hydrogen-bond acceptors (Lipinski definition) is 4. The maximum Gasteiger partial charge on any atom is 0.416 e. The summed E-state index contributed by atoms with van der Waals surface area (Å²) in [5.74, 6) is -1.83. The number of halogens is 7. The lowest BCUT2D eigenvalue weighted by molar-refractivity contribution is -0.139. The second-order valence-corrected chi connectivity index (χ2v) is 10.0. The molecule has 1 N–H and O–H groups in total. The highest BCUT2D eigenvalue weighted by Gasteiger charge is 2.41. The molecule has 0 saturated carbocycles. The number of hydrogen-bond donors (Lipinski definition) is 1. The molecule has 0 bridgehead atoms. The third kappa shape index (κ3) is 5.87. The van der Waals surface area contributed by atoms with E-state index in [1.807, 2.05) is 0 Å². The predicted molar refractivity (Wildman–Crippen MR) is 139 cm³/mol. The number of anilines is 1. The smallest absolute Gasteiger partial charge is 0.416 e. The lowest BCUT2D eigenvalue weighted by Crippen LogP contribution is -2.60. The summed E-state index contributed by atoms with van der Waals surface area (Å²) in [7, 11) is 0. The van der Waals surface area contributed by atoms with E-state index in [0.717, 1.165) is 24.3 Å². The molecule has 2 heterocycles. The fourth-order valence-corrected chi connectivity index (χ4v) is 4.99. The van der Waals surface area contributed by atoms with Gasteiger partial charge in [-0.05, 0) is 53.6 Å². The van der Waals surface area contributed by atoms with Crippen LogP contribution in [0.15, 0.2) is 60.7 Å². The van der Waals surface area contributed by atoms with Crippen LogP contribution in [0.3, 0.4) is 0 Å². The first-order chi connectivity index (χ1) is 19.7. The molecule has 2 aliphatic rings. The van der Waals surface area contributed by atoms with E-state index >= 15 is 0 Å². The van der Waals surface area contributed by atoms with Gasteiger partial charge in [0.05, 0.1) is 33.9 Å². The summed E-state index contributed by atoms with van der Waals surface area (Å²) < 4.78 is 83.5. The van der Waals surface area contributed by atoms with Gasteiger partial charge in [0.25, 0.3) is 11.8 Å². The minimum Gasteiger partial charge on any atom is -0.482 e. The summed E-state index contributed by atoms with van der Waals surface area (Å²) in [5.41, 5.74) is -0.992. The number of nitrogens with one attached hydrogen (secondary N) is 1. The number of rotatable bonds is 4. The van der Waals surface area contributed by atoms with Crippen molar-refractivity contribution >= 4 is 35.0 Å². The van der Waals surface area contributed by atoms with E-state index in [9.17, 15) is 40.7 Å². The van der Waals surface area contributed by atoms with E-state index in [1.54, 1.807) is 0 Å². The van der Waals surface area contributed by atoms with Crippen LogP contribution in [0, 0.1) is 0 Å². The van der Waals surface area contributed by atoms with Gasteiger partial charge in [0.15, 0.2) is 6.61 Å². The first kappa shape index (κ1) is 29.2. The Bertz CT molecular complexity index is 1580. The average Bonchev–Trinajstić information content (AvgIpc) is 3.04. The molecule has 3 aromatic carbocycles. The van der Waals surface area contributed by atoms with E-state index < -0.39 is 53.8 Å². The normalized spacial score (nSPS) is 17.3. The van der Waals surface area contributed by atoms with Crippen LogP contribution in [0.1, 0.15) is 21.5 Å². The van der Waals surface area contributed by atoms with Crippen LogP contribution < -0.4 is 10.1 Å². The Kier molecular flexibility index (Phi) is 7.56. The first-order valence-electron chi connectivity index (χ1n) is 12.4. The highest BCUT2D eigenvalue weighted by atomic mass is 35.5. The second kappa shape index (κ2) is 10.9. The Balaban J connectivity index is 1.30. The molecule has 42 heavy (non-hydrogen) atoms. The van der Waals surface area contributed by atoms with Crippen LogP contribution in [0.5, 0.6) is 5.75 Å². The number of ether oxygens (including phenoxy) is 1. The van der Waals surface area contributed by atoms with Crippen molar-refractivity contribution < 1.29 is 45.5 Å². The number of piperazine rings is 1. The van der Waals surface area contributed by atoms with Gasteiger partial charge in [-0.15, -0.1) is 0 Å². The van der Waals surface area contributed by atoms with Crippen LogP contribution in [0.2, 0.25) is 5.02 Å². The van der Waals surface area contributed by atoms with E-state index in [4.69, 9.17) is 16.3 Å². The van der Waals surface area contributed by atoms with Gasteiger partial charge in [-0.25, -0.2) is 0 Å². The fourth-order valence-electron chi connectivity index (χ4n) is 4.76. The molecule has 2 aliphatic heterocycles. The molecule has 1 saturated heterocycles. The molecule has 0 aromatic heterocycles. The largest absolute Gasteiger partial charge is 0.482 e. The van der Waals surface area contributed by atoms with Crippen LogP contribution in [0.25, 0.3) is 11.1 Å². The predicted octanol–water partition coefficient (Wildman–Crippen LogP) is 5.73. The molecule has 3 amide bonds. The zero-order valence-electron chi connectivity index (χ0n) is 21.4. The monoisotopic (exact) mass is 611 g/mol. The Morgan fingerprint density at radius 3 is 2.29 bits per heavy atom. The van der Waals surface area contributed by atoms with Crippen molar-refractivity contribution in [3.05, 3.63) is 82.4 Å². The molecule has 0 radical (unpaired) electrons. The number of alkyl halides is 6. The highest BCUT2D eigenvalue weighted by molar-refractivity contribution is 6.32. The van der Waals surface area contributed by atoms with Gasteiger partial charge in [-0.3, -0.25) is 14.4 Å². The van der Waals surface area contributed by atoms with Crippen LogP contribution in [-0.4, -0.2) is 59.8 Å². The van der Waals surface area contributed by atoms with Gasteiger partial charge in [-0.2, -0.15) is 26.3 Å². The maximum absolute atomic E-state index is 13.5. The number of nitrogens with zero attached hydrogens (tertiary/aromatic N) is 2. The summed E-state index contributed by atoms with van der Waals surface area (Å²) >= 11 is 5.87. The van der Waals surface area contributed by atoms with Crippen molar-refractivity contribution in [2.75, 3.05) is 31.6 Å². The number of carbonyl (C=O) groups excluding carboxylic acids is 3. The summed E-state index contributed by atoms with van der Waals surface area (Å²) in [5, 5.41) is 2.31. The molecule has 1 atom stereocenters. The van der Waals surface area contributed by atoms with Crippen molar-refractivity contribution in [3.63, 3.8) is 0 Å². The third-order valence-electron chi connectivity index (χ3n) is 6.94. The molecule has 7 nitrogen and oxygen atoms in total. The van der Waals surface area contributed by atoms with Crippen LogP contribution >= 0.6 is 11.6 Å². The van der Waals surface area contributed by atoms with Gasteiger partial charge in [0.2, 0.25) is 5.91 Å². The van der Waals surface area contributed by atoms with Crippen molar-refractivity contribution in [1.82, 2.24) is 9.80 Å². The lowest BCUT2D eigenvalue weighted by atomic mass is 9.99. The molecule has 3 aromatic rings. The van der Waals surface area contributed by atoms with Crippen LogP contribution in [0.4, 0.5) is 32.0 Å². The lowest BCUT2D eigenvalue weighted by Gasteiger charge is -2.39. The minimum atomic E-state index is -4.60. The van der Waals surface area contributed by atoms with E-state index in [-0.39, 0.29) is 47.2 Å². The van der Waals surface area contributed by atoms with Gasteiger partial charge >= 0.3 is 12.4 Å². The topological polar surface area (TPSA) is 79.0 Å². The first-order valence-corrected chi connectivity index (χ1v) is 12.8. The number of carbonyl (C=O) groups is 3. The molecule has 0 spiro atoms. The maximum atomic E-state index is 13.5. The van der Waals surface area contributed by atoms with Crippen molar-refractivity contribution in [2.45, 2.75) is 18.4 Å². The molecule has 14 heteroatoms. The molecule has 5 rings (SSSR count). The second-order valence-electron chi connectivity index (χ2n) is 9.61. The Morgan fingerprint density at radius 1 is 0.905 bits per heavy atom. The summed E-state index contributed by atoms with van der Waals surface area (Å²) in [4.78, 5) is 42.0. The Hall–Kier alpha value is -4.26. The fraction of sp³-hybridized carbons (Fsp3) is 0.250. The standard InChI is InChI=1S/C28H20ClF6N3O4/c29-20-12-18(28(33,34)35)5-7-23(20)42-14-24(39)37-8-9-38-22(13-37)25(40)36-21-6-4-16(11-19(21)26(38)41)15-2-1-3-17(10-15)27(30,31)32/h1-7,10-12,22H,8-9,13-14H2,(H,36,40)/t22-/m0/s1. The average molecular weight is 612 g/mol. The van der Waals surface area contributed by atoms with Gasteiger partial charge in [0, 0.05) is 13.1 Å². The SMILES string of the molecule is O=C1Nc2ccc(-c3cccc(C(F)(F)F)c3)cc2C(=O)N2CCN(C(=O)COc3ccc(C(F)(F)F)cc3Cl)C[C@@H]12. The zero-order chi connectivity index (χ0) is 30.4. The number of benzene rings is 3. The summed E-state index contributed by atoms with van der Waals surface area (Å²) in [6, 6.07) is 10.3. The Morgan fingerprint density at radius 2 is 1.60 bits per heavy atom. The van der Waals surface area contributed by atoms with Gasteiger partial charge in [-0.1, -0.05) is 29.8 Å². The highest BCUT2D eigenvalue weighted by Crippen LogP contribution is 2.36. The van der Waals surface area contributed by atoms with E-state index in [0.29, 0.717) is 11.6 Å². The molecular formula is C28H20ClF6N3O4.